The molecular weight excluding hydrogens is 483 g/mol. The van der Waals surface area contributed by atoms with E-state index in [1.165, 1.54) is 0 Å². The largest absolute Gasteiger partial charge is 0.422 e. The Morgan fingerprint density at radius 1 is 0.515 bits per heavy atom. The van der Waals surface area contributed by atoms with Crippen LogP contribution in [0.2, 0.25) is 0 Å². The first-order valence-electron chi connectivity index (χ1n) is 11.9. The van der Waals surface area contributed by atoms with Gasteiger partial charge in [0, 0.05) is 0 Å². The Labute approximate surface area is 199 Å². The van der Waals surface area contributed by atoms with E-state index < -0.39 is 23.0 Å². The maximum absolute atomic E-state index is 6.41. The highest BCUT2D eigenvalue weighted by Crippen LogP contribution is 2.80. The second-order valence-corrected chi connectivity index (χ2v) is 13.9. The fourth-order valence-electron chi connectivity index (χ4n) is 2.55. The maximum Gasteiger partial charge on any atom is 0.402 e. The third-order valence-corrected chi connectivity index (χ3v) is 12.4. The number of para-hydroxylation sites is 1. The molecule has 1 aromatic rings. The molecule has 0 bridgehead atoms. The Morgan fingerprint density at radius 2 is 0.848 bits per heavy atom. The van der Waals surface area contributed by atoms with Gasteiger partial charge in [-0.3, -0.25) is 4.52 Å². The van der Waals surface area contributed by atoms with Crippen molar-refractivity contribution in [3.05, 3.63) is 30.3 Å². The molecule has 1 heterocycles. The molecule has 190 valence electrons. The van der Waals surface area contributed by atoms with Crippen LogP contribution in [-0.2, 0) is 22.6 Å². The summed E-state index contributed by atoms with van der Waals surface area (Å²) in [7, 11) is -9.62. The van der Waals surface area contributed by atoms with Crippen molar-refractivity contribution in [1.82, 2.24) is 0 Å². The summed E-state index contributed by atoms with van der Waals surface area (Å²) in [6.45, 7) is 12.3. The van der Waals surface area contributed by atoms with E-state index in [0.29, 0.717) is 38.8 Å². The van der Waals surface area contributed by atoms with Gasteiger partial charge in [0.2, 0.25) is 0 Å². The molecule has 1 aromatic carbocycles. The van der Waals surface area contributed by atoms with Crippen LogP contribution in [-0.4, -0.2) is 33.0 Å². The SMILES string of the molecule is CCCOP1(OCCC)=NP(OCCC)(OCCC)=NP(OCCC)(Oc2ccccc2)=N1. The summed E-state index contributed by atoms with van der Waals surface area (Å²) >= 11 is 0. The van der Waals surface area contributed by atoms with E-state index in [2.05, 4.69) is 0 Å². The predicted octanol–water partition coefficient (Wildman–Crippen LogP) is 9.05. The number of hydrogen-bond acceptors (Lipinski definition) is 9. The molecular formula is C21H40N3O6P3. The first-order chi connectivity index (χ1) is 16.0. The number of hydrogen-bond donors (Lipinski definition) is 0. The molecule has 0 N–H and O–H groups in total. The summed E-state index contributed by atoms with van der Waals surface area (Å²) < 4.78 is 52.4. The Kier molecular flexibility index (Phi) is 12.9. The van der Waals surface area contributed by atoms with Crippen molar-refractivity contribution in [3.8, 4) is 5.75 Å². The van der Waals surface area contributed by atoms with E-state index >= 15 is 0 Å². The Bertz CT molecular complexity index is 823. The van der Waals surface area contributed by atoms with Crippen molar-refractivity contribution < 1.29 is 27.1 Å². The van der Waals surface area contributed by atoms with Gasteiger partial charge in [-0.05, 0) is 44.2 Å². The smallest absolute Gasteiger partial charge is 0.402 e. The lowest BCUT2D eigenvalue weighted by atomic mass is 10.3. The molecule has 1 atom stereocenters. The van der Waals surface area contributed by atoms with Crippen molar-refractivity contribution >= 4 is 23.0 Å². The van der Waals surface area contributed by atoms with Crippen LogP contribution in [0.15, 0.2) is 43.9 Å². The molecule has 1 aliphatic rings. The Hall–Kier alpha value is -0.490. The summed E-state index contributed by atoms with van der Waals surface area (Å²) in [5, 5.41) is 0. The van der Waals surface area contributed by atoms with Crippen molar-refractivity contribution in [2.75, 3.05) is 33.0 Å². The van der Waals surface area contributed by atoms with Crippen LogP contribution < -0.4 is 4.52 Å². The van der Waals surface area contributed by atoms with Gasteiger partial charge in [0.1, 0.15) is 5.75 Å². The highest BCUT2D eigenvalue weighted by molar-refractivity contribution is 7.78. The van der Waals surface area contributed by atoms with Gasteiger partial charge in [0.25, 0.3) is 0 Å². The molecule has 0 saturated carbocycles. The summed E-state index contributed by atoms with van der Waals surface area (Å²) in [6, 6.07) is 9.43. The van der Waals surface area contributed by atoms with Gasteiger partial charge in [-0.2, -0.15) is 0 Å². The van der Waals surface area contributed by atoms with Crippen LogP contribution in [0.1, 0.15) is 66.7 Å². The third-order valence-electron chi connectivity index (χ3n) is 3.96. The molecule has 12 heteroatoms. The molecule has 0 aromatic heterocycles. The standard InChI is InChI=1S/C21H40N3O6P3/c1-6-16-25-31(26-17-7-2)22-32(27-18-8-3,28-19-9-4)24-33(23-31,29-20-10-5)30-21-14-12-11-13-15-21/h11-15H,6-10,16-20H2,1-5H3. The van der Waals surface area contributed by atoms with E-state index in [-0.39, 0.29) is 0 Å². The fraction of sp³-hybridized carbons (Fsp3) is 0.714. The van der Waals surface area contributed by atoms with Gasteiger partial charge in [0.05, 0.1) is 33.0 Å². The number of benzene rings is 1. The summed E-state index contributed by atoms with van der Waals surface area (Å²) in [6.07, 6.45) is 3.93. The molecule has 2 rings (SSSR count). The summed E-state index contributed by atoms with van der Waals surface area (Å²) in [5.74, 6) is 0.601. The second-order valence-electron chi connectivity index (χ2n) is 7.31. The van der Waals surface area contributed by atoms with Gasteiger partial charge in [-0.1, -0.05) is 52.8 Å². The zero-order valence-corrected chi connectivity index (χ0v) is 23.3. The molecule has 0 amide bonds. The molecule has 0 aliphatic carbocycles. The van der Waals surface area contributed by atoms with Crippen molar-refractivity contribution in [1.29, 1.82) is 0 Å². The molecule has 0 fully saturated rings. The average Bonchev–Trinajstić information content (AvgIpc) is 2.83. The van der Waals surface area contributed by atoms with E-state index in [1.54, 1.807) is 0 Å². The minimum atomic E-state index is -3.28. The zero-order chi connectivity index (χ0) is 24.0. The molecule has 0 saturated heterocycles. The quantitative estimate of drug-likeness (QED) is 0.189. The molecule has 0 spiro atoms. The topological polar surface area (TPSA) is 92.5 Å². The lowest BCUT2D eigenvalue weighted by molar-refractivity contribution is 0.225. The summed E-state index contributed by atoms with van der Waals surface area (Å²) in [4.78, 5) is 0. The summed E-state index contributed by atoms with van der Waals surface area (Å²) in [5.41, 5.74) is 0. The fourth-order valence-corrected chi connectivity index (χ4v) is 12.4. The lowest BCUT2D eigenvalue weighted by Gasteiger charge is -2.33. The highest BCUT2D eigenvalue weighted by Gasteiger charge is 2.43. The number of nitrogens with zero attached hydrogens (tertiary/aromatic N) is 3. The van der Waals surface area contributed by atoms with E-state index in [1.807, 2.05) is 65.0 Å². The van der Waals surface area contributed by atoms with Crippen LogP contribution >= 0.6 is 23.0 Å². The van der Waals surface area contributed by atoms with Crippen LogP contribution in [0, 0.1) is 0 Å². The molecule has 0 radical (unpaired) electrons. The van der Waals surface area contributed by atoms with Gasteiger partial charge in [0.15, 0.2) is 0 Å². The molecule has 1 unspecified atom stereocenters. The van der Waals surface area contributed by atoms with Crippen molar-refractivity contribution in [2.45, 2.75) is 66.7 Å². The van der Waals surface area contributed by atoms with Crippen molar-refractivity contribution in [3.63, 3.8) is 0 Å². The van der Waals surface area contributed by atoms with Gasteiger partial charge < -0.3 is 22.6 Å². The van der Waals surface area contributed by atoms with Crippen LogP contribution in [0.5, 0.6) is 5.75 Å². The van der Waals surface area contributed by atoms with Crippen LogP contribution in [0.3, 0.4) is 0 Å². The first kappa shape index (κ1) is 28.7. The first-order valence-corrected chi connectivity index (χ1v) is 16.5. The van der Waals surface area contributed by atoms with Crippen LogP contribution in [0.25, 0.3) is 0 Å². The maximum atomic E-state index is 6.41. The number of rotatable bonds is 17. The van der Waals surface area contributed by atoms with Gasteiger partial charge >= 0.3 is 23.0 Å². The Balaban J connectivity index is 2.77. The van der Waals surface area contributed by atoms with E-state index in [4.69, 9.17) is 40.7 Å². The highest BCUT2D eigenvalue weighted by atomic mass is 31.3. The van der Waals surface area contributed by atoms with Gasteiger partial charge in [-0.15, -0.1) is 13.5 Å². The zero-order valence-electron chi connectivity index (χ0n) is 20.6. The predicted molar refractivity (Wildman–Crippen MR) is 136 cm³/mol. The normalized spacial score (nSPS) is 21.0. The Morgan fingerprint density at radius 3 is 1.24 bits per heavy atom. The second kappa shape index (κ2) is 14.8. The van der Waals surface area contributed by atoms with Crippen LogP contribution in [0.4, 0.5) is 0 Å². The lowest BCUT2D eigenvalue weighted by Crippen LogP contribution is -2.07. The molecule has 33 heavy (non-hydrogen) atoms. The van der Waals surface area contributed by atoms with E-state index in [0.717, 1.165) is 32.1 Å². The minimum Gasteiger partial charge on any atom is -0.422 e. The minimum absolute atomic E-state index is 0.413. The average molecular weight is 523 g/mol. The molecule has 9 nitrogen and oxygen atoms in total. The van der Waals surface area contributed by atoms with E-state index in [9.17, 15) is 0 Å². The third kappa shape index (κ3) is 8.91. The van der Waals surface area contributed by atoms with Gasteiger partial charge in [-0.25, -0.2) is 0 Å². The molecule has 1 aliphatic heterocycles. The van der Waals surface area contributed by atoms with Crippen molar-refractivity contribution in [2.24, 2.45) is 13.5 Å². The monoisotopic (exact) mass is 523 g/mol.